The predicted octanol–water partition coefficient (Wildman–Crippen LogP) is 1.84. The number of amides is 2. The van der Waals surface area contributed by atoms with E-state index < -0.39 is 29.4 Å². The first kappa shape index (κ1) is 14.2. The normalized spacial score (nSPS) is 20.1. The number of hydrogen-bond acceptors (Lipinski definition) is 2. The van der Waals surface area contributed by atoms with E-state index >= 15 is 0 Å². The Morgan fingerprint density at radius 3 is 2.65 bits per heavy atom. The van der Waals surface area contributed by atoms with Gasteiger partial charge in [0.25, 0.3) is 0 Å². The Labute approximate surface area is 114 Å². The van der Waals surface area contributed by atoms with E-state index in [1.807, 2.05) is 0 Å². The number of nitrogens with one attached hydrogen (secondary N) is 2. The van der Waals surface area contributed by atoms with Crippen molar-refractivity contribution in [3.05, 3.63) is 42.5 Å². The number of anilines is 1. The van der Waals surface area contributed by atoms with Crippen LogP contribution in [0.15, 0.2) is 30.9 Å². The molecule has 0 aromatic heterocycles. The molecule has 2 N–H and O–H groups in total. The molecule has 1 aromatic carbocycles. The maximum Gasteiger partial charge on any atom is 0.228 e. The fraction of sp³-hybridized carbons (Fsp3) is 0.286. The van der Waals surface area contributed by atoms with Crippen LogP contribution in [0.4, 0.5) is 14.5 Å². The molecule has 4 nitrogen and oxygen atoms in total. The zero-order valence-electron chi connectivity index (χ0n) is 10.7. The van der Waals surface area contributed by atoms with Crippen LogP contribution < -0.4 is 10.6 Å². The van der Waals surface area contributed by atoms with E-state index in [2.05, 4.69) is 17.2 Å². The Balaban J connectivity index is 1.91. The minimum atomic E-state index is -0.841. The van der Waals surface area contributed by atoms with Crippen molar-refractivity contribution in [3.63, 3.8) is 0 Å². The van der Waals surface area contributed by atoms with E-state index in [-0.39, 0.29) is 11.6 Å². The molecule has 0 spiro atoms. The van der Waals surface area contributed by atoms with E-state index in [4.69, 9.17) is 0 Å². The van der Waals surface area contributed by atoms with Crippen molar-refractivity contribution in [1.82, 2.24) is 5.32 Å². The summed E-state index contributed by atoms with van der Waals surface area (Å²) < 4.78 is 26.1. The largest absolute Gasteiger partial charge is 0.352 e. The van der Waals surface area contributed by atoms with Gasteiger partial charge < -0.3 is 10.6 Å². The molecule has 1 aliphatic carbocycles. The monoisotopic (exact) mass is 280 g/mol. The average Bonchev–Trinajstić information content (AvgIpc) is 3.19. The molecule has 0 radical (unpaired) electrons. The van der Waals surface area contributed by atoms with Gasteiger partial charge in [-0.25, -0.2) is 8.78 Å². The Morgan fingerprint density at radius 2 is 2.00 bits per heavy atom. The van der Waals surface area contributed by atoms with E-state index in [9.17, 15) is 18.4 Å². The van der Waals surface area contributed by atoms with Crippen molar-refractivity contribution in [2.24, 2.45) is 11.8 Å². The van der Waals surface area contributed by atoms with Gasteiger partial charge in [0, 0.05) is 12.6 Å². The number of rotatable bonds is 5. The fourth-order valence-electron chi connectivity index (χ4n) is 1.89. The highest BCUT2D eigenvalue weighted by Crippen LogP contribution is 2.39. The number of carbonyl (C=O) groups is 2. The van der Waals surface area contributed by atoms with E-state index in [0.29, 0.717) is 19.0 Å². The molecule has 0 heterocycles. The van der Waals surface area contributed by atoms with Crippen LogP contribution in [0.2, 0.25) is 0 Å². The molecule has 1 aromatic rings. The standard InChI is InChI=1S/C14H14F2N2O2/c1-2-5-17-13(19)9-7-10(9)14(20)18-12-4-3-8(15)6-11(12)16/h2-4,6,9-10H,1,5,7H2,(H,17,19)(H,18,20). The Kier molecular flexibility index (Phi) is 4.12. The summed E-state index contributed by atoms with van der Waals surface area (Å²) in [4.78, 5) is 23.4. The van der Waals surface area contributed by atoms with Gasteiger partial charge in [0.2, 0.25) is 11.8 Å². The molecule has 2 atom stereocenters. The maximum atomic E-state index is 13.4. The molecule has 1 fully saturated rings. The average molecular weight is 280 g/mol. The molecule has 0 aliphatic heterocycles. The first-order valence-corrected chi connectivity index (χ1v) is 6.17. The lowest BCUT2D eigenvalue weighted by Crippen LogP contribution is -2.27. The third-order valence-electron chi connectivity index (χ3n) is 3.07. The molecule has 2 rings (SSSR count). The Morgan fingerprint density at radius 1 is 1.30 bits per heavy atom. The minimum absolute atomic E-state index is 0.0893. The Hall–Kier alpha value is -2.24. The summed E-state index contributed by atoms with van der Waals surface area (Å²) in [5, 5.41) is 4.96. The summed E-state index contributed by atoms with van der Waals surface area (Å²) in [6.45, 7) is 3.82. The number of carbonyl (C=O) groups excluding carboxylic acids is 2. The third kappa shape index (κ3) is 3.20. The number of halogens is 2. The molecule has 0 bridgehead atoms. The summed E-state index contributed by atoms with van der Waals surface area (Å²) in [6.07, 6.45) is 1.97. The van der Waals surface area contributed by atoms with Crippen molar-refractivity contribution in [1.29, 1.82) is 0 Å². The molecule has 2 unspecified atom stereocenters. The quantitative estimate of drug-likeness (QED) is 0.809. The summed E-state index contributed by atoms with van der Waals surface area (Å²) in [5.41, 5.74) is -0.0893. The lowest BCUT2D eigenvalue weighted by Gasteiger charge is -2.06. The Bertz CT molecular complexity index is 560. The van der Waals surface area contributed by atoms with Gasteiger partial charge in [-0.05, 0) is 18.6 Å². The van der Waals surface area contributed by atoms with Crippen molar-refractivity contribution < 1.29 is 18.4 Å². The van der Waals surface area contributed by atoms with Gasteiger partial charge in [-0.2, -0.15) is 0 Å². The van der Waals surface area contributed by atoms with Crippen LogP contribution >= 0.6 is 0 Å². The third-order valence-corrected chi connectivity index (χ3v) is 3.07. The lowest BCUT2D eigenvalue weighted by atomic mass is 10.2. The zero-order valence-corrected chi connectivity index (χ0v) is 10.7. The maximum absolute atomic E-state index is 13.4. The first-order chi connectivity index (χ1) is 9.52. The second-order valence-corrected chi connectivity index (χ2v) is 4.60. The molecule has 1 aliphatic rings. The smallest absolute Gasteiger partial charge is 0.228 e. The number of hydrogen-bond donors (Lipinski definition) is 2. The van der Waals surface area contributed by atoms with Gasteiger partial charge in [-0.3, -0.25) is 9.59 Å². The molecule has 2 amide bonds. The van der Waals surface area contributed by atoms with E-state index in [1.54, 1.807) is 6.08 Å². The topological polar surface area (TPSA) is 58.2 Å². The van der Waals surface area contributed by atoms with Crippen LogP contribution in [0.25, 0.3) is 0 Å². The second-order valence-electron chi connectivity index (χ2n) is 4.60. The summed E-state index contributed by atoms with van der Waals surface area (Å²) >= 11 is 0. The summed E-state index contributed by atoms with van der Waals surface area (Å²) in [7, 11) is 0. The van der Waals surface area contributed by atoms with Gasteiger partial charge in [-0.15, -0.1) is 6.58 Å². The highest BCUT2D eigenvalue weighted by atomic mass is 19.1. The highest BCUT2D eigenvalue weighted by molar-refractivity contribution is 5.99. The summed E-state index contributed by atoms with van der Waals surface area (Å²) in [6, 6.07) is 2.90. The minimum Gasteiger partial charge on any atom is -0.352 e. The molecule has 20 heavy (non-hydrogen) atoms. The van der Waals surface area contributed by atoms with Crippen LogP contribution in [0.5, 0.6) is 0 Å². The predicted molar refractivity (Wildman–Crippen MR) is 69.8 cm³/mol. The van der Waals surface area contributed by atoms with Crippen LogP contribution in [0, 0.1) is 23.5 Å². The van der Waals surface area contributed by atoms with Crippen LogP contribution in [-0.4, -0.2) is 18.4 Å². The SMILES string of the molecule is C=CCNC(=O)C1CC1C(=O)Nc1ccc(F)cc1F. The molecule has 6 heteroatoms. The molecular weight excluding hydrogens is 266 g/mol. The fourth-order valence-corrected chi connectivity index (χ4v) is 1.89. The highest BCUT2D eigenvalue weighted by Gasteiger charge is 2.47. The second kappa shape index (κ2) is 5.81. The first-order valence-electron chi connectivity index (χ1n) is 6.17. The lowest BCUT2D eigenvalue weighted by molar-refractivity contribution is -0.125. The molecular formula is C14H14F2N2O2. The zero-order chi connectivity index (χ0) is 14.7. The van der Waals surface area contributed by atoms with Gasteiger partial charge in [0.1, 0.15) is 11.6 Å². The van der Waals surface area contributed by atoms with E-state index in [1.165, 1.54) is 0 Å². The van der Waals surface area contributed by atoms with Gasteiger partial charge in [0.05, 0.1) is 17.5 Å². The molecule has 106 valence electrons. The van der Waals surface area contributed by atoms with Crippen molar-refractivity contribution in [2.75, 3.05) is 11.9 Å². The van der Waals surface area contributed by atoms with Gasteiger partial charge in [-0.1, -0.05) is 6.08 Å². The van der Waals surface area contributed by atoms with Gasteiger partial charge >= 0.3 is 0 Å². The van der Waals surface area contributed by atoms with Crippen LogP contribution in [0.1, 0.15) is 6.42 Å². The van der Waals surface area contributed by atoms with Crippen molar-refractivity contribution >= 4 is 17.5 Å². The molecule has 0 saturated heterocycles. The molecule has 1 saturated carbocycles. The van der Waals surface area contributed by atoms with Crippen molar-refractivity contribution in [3.8, 4) is 0 Å². The van der Waals surface area contributed by atoms with Crippen LogP contribution in [0.3, 0.4) is 0 Å². The van der Waals surface area contributed by atoms with Crippen LogP contribution in [-0.2, 0) is 9.59 Å². The van der Waals surface area contributed by atoms with Gasteiger partial charge in [0.15, 0.2) is 0 Å². The van der Waals surface area contributed by atoms with E-state index in [0.717, 1.165) is 12.1 Å². The summed E-state index contributed by atoms with van der Waals surface area (Å²) in [5.74, 6) is -3.07. The van der Waals surface area contributed by atoms with Crippen molar-refractivity contribution in [2.45, 2.75) is 6.42 Å². The number of benzene rings is 1.